The molecule has 1 amide bonds. The van der Waals surface area contributed by atoms with Gasteiger partial charge in [0.2, 0.25) is 5.91 Å². The van der Waals surface area contributed by atoms with E-state index >= 15 is 0 Å². The molecule has 0 heterocycles. The van der Waals surface area contributed by atoms with Gasteiger partial charge >= 0.3 is 5.97 Å². The van der Waals surface area contributed by atoms with Gasteiger partial charge in [-0.15, -0.1) is 0 Å². The third-order valence-electron chi connectivity index (χ3n) is 2.39. The molecule has 0 radical (unpaired) electrons. The highest BCUT2D eigenvalue weighted by molar-refractivity contribution is 6.01. The number of anilines is 1. The molecular formula is C13H17NO3. The molecule has 0 aliphatic heterocycles. The van der Waals surface area contributed by atoms with Crippen molar-refractivity contribution in [2.75, 3.05) is 18.6 Å². The average Bonchev–Trinajstić information content (AvgIpc) is 2.34. The van der Waals surface area contributed by atoms with Crippen molar-refractivity contribution in [3.05, 3.63) is 29.8 Å². The Bertz CT molecular complexity index is 415. The Morgan fingerprint density at radius 2 is 1.94 bits per heavy atom. The van der Waals surface area contributed by atoms with Gasteiger partial charge in [0.15, 0.2) is 0 Å². The summed E-state index contributed by atoms with van der Waals surface area (Å²) in [5.41, 5.74) is 0.986. The molecule has 0 saturated carbocycles. The molecule has 0 unspecified atom stereocenters. The standard InChI is InChI=1S/C13H17NO3/c1-4-9-17-13(16)11-7-5-6-8-12(11)14(3)10(2)15/h5-8H,4,9H2,1-3H3. The molecule has 0 atom stereocenters. The van der Waals surface area contributed by atoms with Crippen LogP contribution in [0, 0.1) is 0 Å². The van der Waals surface area contributed by atoms with Crippen molar-refractivity contribution in [2.24, 2.45) is 0 Å². The highest BCUT2D eigenvalue weighted by atomic mass is 16.5. The zero-order valence-corrected chi connectivity index (χ0v) is 10.4. The topological polar surface area (TPSA) is 46.6 Å². The van der Waals surface area contributed by atoms with Crippen molar-refractivity contribution in [1.82, 2.24) is 0 Å². The summed E-state index contributed by atoms with van der Waals surface area (Å²) in [6.45, 7) is 3.77. The van der Waals surface area contributed by atoms with Crippen molar-refractivity contribution in [1.29, 1.82) is 0 Å². The molecular weight excluding hydrogens is 218 g/mol. The average molecular weight is 235 g/mol. The van der Waals surface area contributed by atoms with Gasteiger partial charge in [0.25, 0.3) is 0 Å². The van der Waals surface area contributed by atoms with Crippen LogP contribution in [-0.4, -0.2) is 25.5 Å². The fraction of sp³-hybridized carbons (Fsp3) is 0.385. The number of rotatable bonds is 4. The lowest BCUT2D eigenvalue weighted by atomic mass is 10.1. The minimum atomic E-state index is -0.393. The van der Waals surface area contributed by atoms with Crippen molar-refractivity contribution in [3.8, 4) is 0 Å². The van der Waals surface area contributed by atoms with Crippen LogP contribution < -0.4 is 4.90 Å². The number of nitrogens with zero attached hydrogens (tertiary/aromatic N) is 1. The molecule has 0 aliphatic rings. The number of para-hydroxylation sites is 1. The van der Waals surface area contributed by atoms with Gasteiger partial charge in [-0.25, -0.2) is 4.79 Å². The molecule has 0 aromatic heterocycles. The predicted molar refractivity (Wildman–Crippen MR) is 66.1 cm³/mol. The third kappa shape index (κ3) is 3.31. The summed E-state index contributed by atoms with van der Waals surface area (Å²) < 4.78 is 5.07. The van der Waals surface area contributed by atoms with E-state index in [-0.39, 0.29) is 5.91 Å². The summed E-state index contributed by atoms with van der Waals surface area (Å²) in [5.74, 6) is -0.517. The van der Waals surface area contributed by atoms with Crippen LogP contribution in [0.3, 0.4) is 0 Å². The first-order valence-electron chi connectivity index (χ1n) is 5.58. The molecule has 1 aromatic rings. The quantitative estimate of drug-likeness (QED) is 0.752. The molecule has 4 nitrogen and oxygen atoms in total. The summed E-state index contributed by atoms with van der Waals surface area (Å²) in [7, 11) is 1.63. The van der Waals surface area contributed by atoms with Crippen molar-refractivity contribution >= 4 is 17.6 Å². The van der Waals surface area contributed by atoms with E-state index in [0.29, 0.717) is 17.9 Å². The third-order valence-corrected chi connectivity index (χ3v) is 2.39. The molecule has 0 fully saturated rings. The first kappa shape index (κ1) is 13.2. The highest BCUT2D eigenvalue weighted by Crippen LogP contribution is 2.20. The minimum absolute atomic E-state index is 0.124. The molecule has 1 aromatic carbocycles. The summed E-state index contributed by atoms with van der Waals surface area (Å²) >= 11 is 0. The Balaban J connectivity index is 2.99. The lowest BCUT2D eigenvalue weighted by Crippen LogP contribution is -2.25. The van der Waals surface area contributed by atoms with Crippen molar-refractivity contribution in [2.45, 2.75) is 20.3 Å². The van der Waals surface area contributed by atoms with Crippen molar-refractivity contribution in [3.63, 3.8) is 0 Å². The van der Waals surface area contributed by atoms with Crippen LogP contribution in [0.2, 0.25) is 0 Å². The van der Waals surface area contributed by atoms with Gasteiger partial charge < -0.3 is 9.64 Å². The van der Waals surface area contributed by atoms with Gasteiger partial charge in [0.05, 0.1) is 17.9 Å². The lowest BCUT2D eigenvalue weighted by molar-refractivity contribution is -0.116. The molecule has 0 saturated heterocycles. The SMILES string of the molecule is CCCOC(=O)c1ccccc1N(C)C(C)=O. The number of carbonyl (C=O) groups excluding carboxylic acids is 2. The number of amides is 1. The van der Waals surface area contributed by atoms with E-state index in [0.717, 1.165) is 6.42 Å². The fourth-order valence-corrected chi connectivity index (χ4v) is 1.38. The summed E-state index contributed by atoms with van der Waals surface area (Å²) in [6, 6.07) is 6.92. The van der Waals surface area contributed by atoms with Crippen LogP contribution in [0.25, 0.3) is 0 Å². The Hall–Kier alpha value is -1.84. The Morgan fingerprint density at radius 3 is 2.53 bits per heavy atom. The van der Waals surface area contributed by atoms with Crippen LogP contribution in [0.4, 0.5) is 5.69 Å². The van der Waals surface area contributed by atoms with E-state index in [1.807, 2.05) is 6.92 Å². The number of ether oxygens (including phenoxy) is 1. The van der Waals surface area contributed by atoms with Gasteiger partial charge in [-0.3, -0.25) is 4.79 Å². The smallest absolute Gasteiger partial charge is 0.340 e. The zero-order valence-electron chi connectivity index (χ0n) is 10.4. The maximum atomic E-state index is 11.8. The predicted octanol–water partition coefficient (Wildman–Crippen LogP) is 2.24. The van der Waals surface area contributed by atoms with E-state index in [1.165, 1.54) is 11.8 Å². The molecule has 0 spiro atoms. The van der Waals surface area contributed by atoms with E-state index in [2.05, 4.69) is 0 Å². The van der Waals surface area contributed by atoms with Gasteiger partial charge in [-0.2, -0.15) is 0 Å². The number of carbonyl (C=O) groups is 2. The Labute approximate surface area is 101 Å². The van der Waals surface area contributed by atoms with Crippen LogP contribution >= 0.6 is 0 Å². The van der Waals surface area contributed by atoms with E-state index in [9.17, 15) is 9.59 Å². The second-order valence-electron chi connectivity index (χ2n) is 3.73. The number of benzene rings is 1. The molecule has 0 aliphatic carbocycles. The molecule has 17 heavy (non-hydrogen) atoms. The fourth-order valence-electron chi connectivity index (χ4n) is 1.38. The lowest BCUT2D eigenvalue weighted by Gasteiger charge is -2.18. The van der Waals surface area contributed by atoms with Crippen molar-refractivity contribution < 1.29 is 14.3 Å². The first-order chi connectivity index (χ1) is 8.07. The Morgan fingerprint density at radius 1 is 1.29 bits per heavy atom. The number of hydrogen-bond acceptors (Lipinski definition) is 3. The van der Waals surface area contributed by atoms with Crippen LogP contribution in [0.1, 0.15) is 30.6 Å². The van der Waals surface area contributed by atoms with Gasteiger partial charge in [0, 0.05) is 14.0 Å². The monoisotopic (exact) mass is 235 g/mol. The normalized spacial score (nSPS) is 9.82. The molecule has 0 bridgehead atoms. The maximum Gasteiger partial charge on any atom is 0.340 e. The van der Waals surface area contributed by atoms with E-state index in [4.69, 9.17) is 4.74 Å². The maximum absolute atomic E-state index is 11.8. The minimum Gasteiger partial charge on any atom is -0.462 e. The van der Waals surface area contributed by atoms with E-state index in [1.54, 1.807) is 31.3 Å². The summed E-state index contributed by atoms with van der Waals surface area (Å²) in [6.07, 6.45) is 0.774. The zero-order chi connectivity index (χ0) is 12.8. The number of esters is 1. The van der Waals surface area contributed by atoms with E-state index < -0.39 is 5.97 Å². The van der Waals surface area contributed by atoms with Gasteiger partial charge in [-0.1, -0.05) is 19.1 Å². The van der Waals surface area contributed by atoms with Crippen LogP contribution in [-0.2, 0) is 9.53 Å². The number of hydrogen-bond donors (Lipinski definition) is 0. The molecule has 1 rings (SSSR count). The summed E-state index contributed by atoms with van der Waals surface area (Å²) in [5, 5.41) is 0. The first-order valence-corrected chi connectivity index (χ1v) is 5.58. The Kier molecular flexibility index (Phi) is 4.69. The second kappa shape index (κ2) is 6.03. The molecule has 0 N–H and O–H groups in total. The molecule has 4 heteroatoms. The largest absolute Gasteiger partial charge is 0.462 e. The van der Waals surface area contributed by atoms with Crippen LogP contribution in [0.15, 0.2) is 24.3 Å². The highest BCUT2D eigenvalue weighted by Gasteiger charge is 2.16. The van der Waals surface area contributed by atoms with Crippen LogP contribution in [0.5, 0.6) is 0 Å². The van der Waals surface area contributed by atoms with Gasteiger partial charge in [0.1, 0.15) is 0 Å². The second-order valence-corrected chi connectivity index (χ2v) is 3.73. The van der Waals surface area contributed by atoms with Gasteiger partial charge in [-0.05, 0) is 18.6 Å². The summed E-state index contributed by atoms with van der Waals surface area (Å²) in [4.78, 5) is 24.5. The molecule has 92 valence electrons.